The van der Waals surface area contributed by atoms with Gasteiger partial charge in [0.2, 0.25) is 5.91 Å². The van der Waals surface area contributed by atoms with E-state index in [0.717, 1.165) is 31.3 Å². The van der Waals surface area contributed by atoms with Crippen molar-refractivity contribution in [3.63, 3.8) is 0 Å². The first kappa shape index (κ1) is 9.82. The first-order chi connectivity index (χ1) is 7.83. The lowest BCUT2D eigenvalue weighted by atomic mass is 10.1. The Bertz CT molecular complexity index is 380. The number of likely N-dealkylation sites (tertiary alicyclic amines) is 1. The molecule has 1 saturated carbocycles. The van der Waals surface area contributed by atoms with Crippen molar-refractivity contribution >= 4 is 5.91 Å². The Morgan fingerprint density at radius 2 is 2.00 bits per heavy atom. The van der Waals surface area contributed by atoms with Crippen molar-refractivity contribution in [3.8, 4) is 0 Å². The summed E-state index contributed by atoms with van der Waals surface area (Å²) in [4.78, 5) is 17.9. The zero-order chi connectivity index (χ0) is 11.0. The van der Waals surface area contributed by atoms with Gasteiger partial charge >= 0.3 is 0 Å². The maximum Gasteiger partial charge on any atom is 0.222 e. The smallest absolute Gasteiger partial charge is 0.222 e. The van der Waals surface area contributed by atoms with Crippen LogP contribution < -0.4 is 0 Å². The molecule has 1 aromatic rings. The van der Waals surface area contributed by atoms with E-state index in [1.54, 1.807) is 12.4 Å². The number of nitrogens with zero attached hydrogens (tertiary/aromatic N) is 2. The summed E-state index contributed by atoms with van der Waals surface area (Å²) in [7, 11) is 0. The van der Waals surface area contributed by atoms with Crippen molar-refractivity contribution in [1.29, 1.82) is 0 Å². The van der Waals surface area contributed by atoms with Gasteiger partial charge in [-0.3, -0.25) is 9.78 Å². The fourth-order valence-corrected chi connectivity index (χ4v) is 2.56. The molecule has 2 aliphatic rings. The van der Waals surface area contributed by atoms with Gasteiger partial charge in [-0.1, -0.05) is 0 Å². The van der Waals surface area contributed by atoms with Crippen LogP contribution in [-0.4, -0.2) is 28.9 Å². The first-order valence-electron chi connectivity index (χ1n) is 5.99. The van der Waals surface area contributed by atoms with Crippen LogP contribution in [0.5, 0.6) is 0 Å². The summed E-state index contributed by atoms with van der Waals surface area (Å²) in [6.07, 6.45) is 6.40. The summed E-state index contributed by atoms with van der Waals surface area (Å²) in [5.74, 6) is 2.00. The van der Waals surface area contributed by atoms with E-state index < -0.39 is 0 Å². The Balaban J connectivity index is 1.50. The van der Waals surface area contributed by atoms with Gasteiger partial charge in [-0.05, 0) is 42.4 Å². The Morgan fingerprint density at radius 3 is 2.69 bits per heavy atom. The van der Waals surface area contributed by atoms with E-state index in [1.807, 2.05) is 17.0 Å². The third-order valence-electron chi connectivity index (χ3n) is 3.71. The molecule has 3 heteroatoms. The largest absolute Gasteiger partial charge is 0.342 e. The fourth-order valence-electron chi connectivity index (χ4n) is 2.56. The quantitative estimate of drug-likeness (QED) is 0.767. The highest BCUT2D eigenvalue weighted by atomic mass is 16.2. The number of aryl methyl sites for hydroxylation is 1. The van der Waals surface area contributed by atoms with Crippen molar-refractivity contribution in [2.24, 2.45) is 11.8 Å². The molecule has 1 aliphatic carbocycles. The minimum atomic E-state index is 0.323. The third-order valence-corrected chi connectivity index (χ3v) is 3.71. The van der Waals surface area contributed by atoms with E-state index in [1.165, 1.54) is 12.0 Å². The molecule has 84 valence electrons. The average Bonchev–Trinajstić information content (AvgIpc) is 2.94. The standard InChI is InChI=1S/C13H16N2O/c16-13(15-8-11-7-12(11)9-15)2-1-10-3-5-14-6-4-10/h3-6,11-12H,1-2,7-9H2. The summed E-state index contributed by atoms with van der Waals surface area (Å²) >= 11 is 0. The van der Waals surface area contributed by atoms with E-state index in [9.17, 15) is 4.79 Å². The molecule has 2 heterocycles. The van der Waals surface area contributed by atoms with Crippen LogP contribution in [0, 0.1) is 11.8 Å². The van der Waals surface area contributed by atoms with Gasteiger partial charge in [0, 0.05) is 31.9 Å². The number of hydrogen-bond acceptors (Lipinski definition) is 2. The van der Waals surface area contributed by atoms with E-state index >= 15 is 0 Å². The Hall–Kier alpha value is -1.38. The second-order valence-electron chi connectivity index (χ2n) is 4.91. The van der Waals surface area contributed by atoms with Crippen LogP contribution in [0.25, 0.3) is 0 Å². The molecule has 0 spiro atoms. The Morgan fingerprint density at radius 1 is 1.31 bits per heavy atom. The summed E-state index contributed by atoms with van der Waals surface area (Å²) < 4.78 is 0. The molecule has 16 heavy (non-hydrogen) atoms. The lowest BCUT2D eigenvalue weighted by Gasteiger charge is -2.17. The van der Waals surface area contributed by atoms with Crippen LogP contribution in [-0.2, 0) is 11.2 Å². The highest BCUT2D eigenvalue weighted by Crippen LogP contribution is 2.44. The van der Waals surface area contributed by atoms with Gasteiger partial charge in [0.05, 0.1) is 0 Å². The van der Waals surface area contributed by atoms with Crippen LogP contribution in [0.4, 0.5) is 0 Å². The molecule has 2 unspecified atom stereocenters. The number of hydrogen-bond donors (Lipinski definition) is 0. The van der Waals surface area contributed by atoms with Gasteiger partial charge in [0.1, 0.15) is 0 Å². The second kappa shape index (κ2) is 3.89. The number of carbonyl (C=O) groups excluding carboxylic acids is 1. The number of carbonyl (C=O) groups is 1. The van der Waals surface area contributed by atoms with Crippen LogP contribution in [0.3, 0.4) is 0 Å². The predicted molar refractivity (Wildman–Crippen MR) is 60.7 cm³/mol. The van der Waals surface area contributed by atoms with E-state index in [2.05, 4.69) is 4.98 Å². The number of rotatable bonds is 3. The average molecular weight is 216 g/mol. The highest BCUT2D eigenvalue weighted by Gasteiger charge is 2.46. The molecule has 1 amide bonds. The molecule has 0 aromatic carbocycles. The molecule has 0 radical (unpaired) electrons. The number of piperidine rings is 1. The molecule has 0 bridgehead atoms. The van der Waals surface area contributed by atoms with Gasteiger partial charge in [0.15, 0.2) is 0 Å². The molecule has 3 nitrogen and oxygen atoms in total. The SMILES string of the molecule is O=C(CCc1ccncc1)N1CC2CC2C1. The first-order valence-corrected chi connectivity index (χ1v) is 5.99. The molecular weight excluding hydrogens is 200 g/mol. The molecule has 0 N–H and O–H groups in total. The van der Waals surface area contributed by atoms with E-state index in [0.29, 0.717) is 12.3 Å². The summed E-state index contributed by atoms with van der Waals surface area (Å²) in [6.45, 7) is 2.03. The lowest BCUT2D eigenvalue weighted by molar-refractivity contribution is -0.130. The van der Waals surface area contributed by atoms with Crippen molar-refractivity contribution in [2.75, 3.05) is 13.1 Å². The van der Waals surface area contributed by atoms with Crippen LogP contribution >= 0.6 is 0 Å². The monoisotopic (exact) mass is 216 g/mol. The molecule has 1 aromatic heterocycles. The maximum absolute atomic E-state index is 11.9. The molecule has 1 saturated heterocycles. The zero-order valence-electron chi connectivity index (χ0n) is 9.30. The number of pyridine rings is 1. The Labute approximate surface area is 95.5 Å². The van der Waals surface area contributed by atoms with Crippen molar-refractivity contribution in [1.82, 2.24) is 9.88 Å². The molecule has 2 fully saturated rings. The van der Waals surface area contributed by atoms with Gasteiger partial charge < -0.3 is 4.90 Å². The van der Waals surface area contributed by atoms with Crippen LogP contribution in [0.15, 0.2) is 24.5 Å². The summed E-state index contributed by atoms with van der Waals surface area (Å²) in [5.41, 5.74) is 1.20. The lowest BCUT2D eigenvalue weighted by Crippen LogP contribution is -2.30. The zero-order valence-corrected chi connectivity index (χ0v) is 9.30. The van der Waals surface area contributed by atoms with Gasteiger partial charge in [0.25, 0.3) is 0 Å². The van der Waals surface area contributed by atoms with E-state index in [4.69, 9.17) is 0 Å². The minimum Gasteiger partial charge on any atom is -0.342 e. The number of aromatic nitrogens is 1. The second-order valence-corrected chi connectivity index (χ2v) is 4.91. The summed E-state index contributed by atoms with van der Waals surface area (Å²) in [6, 6.07) is 3.96. The van der Waals surface area contributed by atoms with Crippen molar-refractivity contribution in [3.05, 3.63) is 30.1 Å². The van der Waals surface area contributed by atoms with Gasteiger partial charge in [-0.2, -0.15) is 0 Å². The Kier molecular flexibility index (Phi) is 2.39. The minimum absolute atomic E-state index is 0.323. The number of amides is 1. The molecule has 2 atom stereocenters. The molecular formula is C13H16N2O. The normalized spacial score (nSPS) is 26.6. The fraction of sp³-hybridized carbons (Fsp3) is 0.538. The maximum atomic E-state index is 11.9. The predicted octanol–water partition coefficient (Wildman–Crippen LogP) is 1.49. The van der Waals surface area contributed by atoms with Gasteiger partial charge in [-0.25, -0.2) is 0 Å². The van der Waals surface area contributed by atoms with Crippen molar-refractivity contribution < 1.29 is 4.79 Å². The third kappa shape index (κ3) is 1.94. The van der Waals surface area contributed by atoms with Crippen LogP contribution in [0.1, 0.15) is 18.4 Å². The van der Waals surface area contributed by atoms with Crippen LogP contribution in [0.2, 0.25) is 0 Å². The van der Waals surface area contributed by atoms with Crippen molar-refractivity contribution in [2.45, 2.75) is 19.3 Å². The van der Waals surface area contributed by atoms with E-state index in [-0.39, 0.29) is 0 Å². The van der Waals surface area contributed by atoms with Gasteiger partial charge in [-0.15, -0.1) is 0 Å². The number of fused-ring (bicyclic) bond motifs is 1. The molecule has 1 aliphatic heterocycles. The topological polar surface area (TPSA) is 33.2 Å². The summed E-state index contributed by atoms with van der Waals surface area (Å²) in [5, 5.41) is 0. The highest BCUT2D eigenvalue weighted by molar-refractivity contribution is 5.77. The molecule has 3 rings (SSSR count).